The van der Waals surface area contributed by atoms with Gasteiger partial charge in [0, 0.05) is 50.8 Å². The molecule has 1 aliphatic heterocycles. The average Bonchev–Trinajstić information content (AvgIpc) is 3.29. The SMILES string of the molecule is Cn1cc(CN2CCC(n3cccn3)CC2)c(-c2cccs2)n1. The van der Waals surface area contributed by atoms with Crippen molar-refractivity contribution in [3.63, 3.8) is 0 Å². The minimum absolute atomic E-state index is 0.548. The van der Waals surface area contributed by atoms with Gasteiger partial charge in [0.1, 0.15) is 5.69 Å². The lowest BCUT2D eigenvalue weighted by atomic mass is 10.0. The van der Waals surface area contributed by atoms with Crippen molar-refractivity contribution in [2.45, 2.75) is 25.4 Å². The Morgan fingerprint density at radius 2 is 2.13 bits per heavy atom. The second-order valence-corrected chi connectivity index (χ2v) is 7.10. The molecule has 0 radical (unpaired) electrons. The van der Waals surface area contributed by atoms with E-state index < -0.39 is 0 Å². The van der Waals surface area contributed by atoms with E-state index in [9.17, 15) is 0 Å². The molecule has 0 aliphatic carbocycles. The Balaban J connectivity index is 1.44. The minimum atomic E-state index is 0.548. The van der Waals surface area contributed by atoms with Crippen LogP contribution in [0.2, 0.25) is 0 Å². The van der Waals surface area contributed by atoms with E-state index in [0.717, 1.165) is 38.2 Å². The third-order valence-electron chi connectivity index (χ3n) is 4.51. The molecule has 1 fully saturated rings. The fourth-order valence-electron chi connectivity index (χ4n) is 3.35. The quantitative estimate of drug-likeness (QED) is 0.739. The van der Waals surface area contributed by atoms with Gasteiger partial charge in [0.2, 0.25) is 0 Å². The summed E-state index contributed by atoms with van der Waals surface area (Å²) >= 11 is 1.76. The van der Waals surface area contributed by atoms with Crippen LogP contribution in [-0.4, -0.2) is 37.6 Å². The molecule has 0 saturated carbocycles. The predicted molar refractivity (Wildman–Crippen MR) is 92.3 cm³/mol. The molecular formula is C17H21N5S. The fraction of sp³-hybridized carbons (Fsp3) is 0.412. The highest BCUT2D eigenvalue weighted by Gasteiger charge is 2.22. The number of aromatic nitrogens is 4. The summed E-state index contributed by atoms with van der Waals surface area (Å²) in [6.45, 7) is 3.21. The van der Waals surface area contributed by atoms with Crippen molar-refractivity contribution < 1.29 is 0 Å². The lowest BCUT2D eigenvalue weighted by Crippen LogP contribution is -2.34. The molecule has 6 heteroatoms. The first-order valence-corrected chi connectivity index (χ1v) is 8.95. The Kier molecular flexibility index (Phi) is 4.01. The van der Waals surface area contributed by atoms with E-state index in [1.165, 1.54) is 10.4 Å². The van der Waals surface area contributed by atoms with E-state index >= 15 is 0 Å². The summed E-state index contributed by atoms with van der Waals surface area (Å²) in [5.41, 5.74) is 2.46. The van der Waals surface area contributed by atoms with Crippen LogP contribution >= 0.6 is 11.3 Å². The highest BCUT2D eigenvalue weighted by molar-refractivity contribution is 7.13. The van der Waals surface area contributed by atoms with Gasteiger partial charge in [-0.1, -0.05) is 6.07 Å². The maximum Gasteiger partial charge on any atom is 0.107 e. The molecule has 4 heterocycles. The van der Waals surface area contributed by atoms with E-state index in [2.05, 4.69) is 49.7 Å². The molecule has 0 atom stereocenters. The summed E-state index contributed by atoms with van der Waals surface area (Å²) in [6.07, 6.45) is 8.44. The molecule has 0 unspecified atom stereocenters. The van der Waals surface area contributed by atoms with Crippen molar-refractivity contribution in [2.75, 3.05) is 13.1 Å². The lowest BCUT2D eigenvalue weighted by molar-refractivity contribution is 0.173. The van der Waals surface area contributed by atoms with Crippen molar-refractivity contribution in [3.8, 4) is 10.6 Å². The number of thiophene rings is 1. The average molecular weight is 327 g/mol. The van der Waals surface area contributed by atoms with Crippen LogP contribution in [-0.2, 0) is 13.6 Å². The Bertz CT molecular complexity index is 736. The van der Waals surface area contributed by atoms with E-state index in [4.69, 9.17) is 0 Å². The second-order valence-electron chi connectivity index (χ2n) is 6.15. The maximum absolute atomic E-state index is 4.66. The first kappa shape index (κ1) is 14.7. The van der Waals surface area contributed by atoms with Crippen LogP contribution in [0.1, 0.15) is 24.4 Å². The normalized spacial score (nSPS) is 16.9. The summed E-state index contributed by atoms with van der Waals surface area (Å²) in [5.74, 6) is 0. The highest BCUT2D eigenvalue weighted by Crippen LogP contribution is 2.29. The number of rotatable bonds is 4. The molecule has 1 aliphatic rings. The standard InChI is InChI=1S/C17H21N5S/c1-20-12-14(17(19-20)16-4-2-11-23-16)13-21-9-5-15(6-10-21)22-8-3-7-18-22/h2-4,7-8,11-12,15H,5-6,9-10,13H2,1H3. The Morgan fingerprint density at radius 3 is 2.83 bits per heavy atom. The van der Waals surface area contributed by atoms with Gasteiger partial charge in [-0.3, -0.25) is 14.3 Å². The zero-order valence-corrected chi connectivity index (χ0v) is 14.1. The number of likely N-dealkylation sites (tertiary alicyclic amines) is 1. The van der Waals surface area contributed by atoms with Crippen LogP contribution in [0.25, 0.3) is 10.6 Å². The monoisotopic (exact) mass is 327 g/mol. The summed E-state index contributed by atoms with van der Waals surface area (Å²) in [6, 6.07) is 6.80. The number of nitrogens with zero attached hydrogens (tertiary/aromatic N) is 5. The Labute approximate surface area is 140 Å². The number of aryl methyl sites for hydroxylation is 1. The van der Waals surface area contributed by atoms with Crippen molar-refractivity contribution in [1.82, 2.24) is 24.5 Å². The smallest absolute Gasteiger partial charge is 0.107 e. The fourth-order valence-corrected chi connectivity index (χ4v) is 4.10. The topological polar surface area (TPSA) is 38.9 Å². The molecule has 0 amide bonds. The van der Waals surface area contributed by atoms with Crippen molar-refractivity contribution in [2.24, 2.45) is 7.05 Å². The molecule has 120 valence electrons. The molecule has 3 aromatic heterocycles. The molecule has 4 rings (SSSR count). The summed E-state index contributed by atoms with van der Waals surface area (Å²) in [7, 11) is 2.00. The molecule has 0 N–H and O–H groups in total. The molecule has 23 heavy (non-hydrogen) atoms. The van der Waals surface area contributed by atoms with Gasteiger partial charge in [-0.05, 0) is 30.4 Å². The van der Waals surface area contributed by atoms with E-state index in [-0.39, 0.29) is 0 Å². The van der Waals surface area contributed by atoms with E-state index in [0.29, 0.717) is 6.04 Å². The van der Waals surface area contributed by atoms with Crippen LogP contribution in [0.5, 0.6) is 0 Å². The Morgan fingerprint density at radius 1 is 1.26 bits per heavy atom. The molecule has 0 spiro atoms. The molecule has 5 nitrogen and oxygen atoms in total. The van der Waals surface area contributed by atoms with Gasteiger partial charge < -0.3 is 0 Å². The van der Waals surface area contributed by atoms with Crippen LogP contribution in [0.15, 0.2) is 42.2 Å². The molecule has 0 bridgehead atoms. The van der Waals surface area contributed by atoms with Crippen molar-refractivity contribution >= 4 is 11.3 Å². The molecule has 1 saturated heterocycles. The second kappa shape index (κ2) is 6.29. The van der Waals surface area contributed by atoms with Crippen molar-refractivity contribution in [3.05, 3.63) is 47.7 Å². The van der Waals surface area contributed by atoms with Gasteiger partial charge in [0.15, 0.2) is 0 Å². The van der Waals surface area contributed by atoms with Crippen LogP contribution in [0, 0.1) is 0 Å². The van der Waals surface area contributed by atoms with Gasteiger partial charge in [-0.15, -0.1) is 11.3 Å². The third kappa shape index (κ3) is 3.09. The maximum atomic E-state index is 4.66. The number of hydrogen-bond acceptors (Lipinski definition) is 4. The Hall–Kier alpha value is -1.92. The van der Waals surface area contributed by atoms with Gasteiger partial charge >= 0.3 is 0 Å². The minimum Gasteiger partial charge on any atom is -0.299 e. The molecular weight excluding hydrogens is 306 g/mol. The van der Waals surface area contributed by atoms with Gasteiger partial charge in [0.25, 0.3) is 0 Å². The zero-order chi connectivity index (χ0) is 15.6. The predicted octanol–water partition coefficient (Wildman–Crippen LogP) is 3.18. The highest BCUT2D eigenvalue weighted by atomic mass is 32.1. The summed E-state index contributed by atoms with van der Waals surface area (Å²) in [4.78, 5) is 3.79. The van der Waals surface area contributed by atoms with Crippen molar-refractivity contribution in [1.29, 1.82) is 0 Å². The first-order chi connectivity index (χ1) is 11.3. The number of piperidine rings is 1. The molecule has 0 aromatic carbocycles. The van der Waals surface area contributed by atoms with Gasteiger partial charge in [-0.2, -0.15) is 10.2 Å². The first-order valence-electron chi connectivity index (χ1n) is 8.07. The lowest BCUT2D eigenvalue weighted by Gasteiger charge is -2.31. The zero-order valence-electron chi connectivity index (χ0n) is 13.3. The third-order valence-corrected chi connectivity index (χ3v) is 5.39. The van der Waals surface area contributed by atoms with Crippen LogP contribution in [0.3, 0.4) is 0 Å². The van der Waals surface area contributed by atoms with Crippen LogP contribution in [0.4, 0.5) is 0 Å². The van der Waals surface area contributed by atoms with Gasteiger partial charge in [0.05, 0.1) is 10.9 Å². The summed E-state index contributed by atoms with van der Waals surface area (Å²) < 4.78 is 4.04. The van der Waals surface area contributed by atoms with Crippen LogP contribution < -0.4 is 0 Å². The molecule has 3 aromatic rings. The van der Waals surface area contributed by atoms with E-state index in [1.807, 2.05) is 24.0 Å². The largest absolute Gasteiger partial charge is 0.299 e. The summed E-state index contributed by atoms with van der Waals surface area (Å²) in [5, 5.41) is 11.2. The number of hydrogen-bond donors (Lipinski definition) is 0. The van der Waals surface area contributed by atoms with Gasteiger partial charge in [-0.25, -0.2) is 0 Å². The van der Waals surface area contributed by atoms with E-state index in [1.54, 1.807) is 11.3 Å².